The number of Topliss-reactive ketones (excluding diaryl/α,β-unsaturated/α-hetero) is 2. The molecule has 18 nitrogen and oxygen atoms in total. The number of aromatic amines is 1. The van der Waals surface area contributed by atoms with Crippen molar-refractivity contribution in [2.24, 2.45) is 110 Å². The number of hydrogen-bond acceptors (Lipinski definition) is 19. The highest BCUT2D eigenvalue weighted by Gasteiger charge is 2.80. The highest BCUT2D eigenvalue weighted by molar-refractivity contribution is 8.76. The van der Waals surface area contributed by atoms with E-state index >= 15 is 14.7 Å². The van der Waals surface area contributed by atoms with Gasteiger partial charge in [-0.25, -0.2) is 4.99 Å². The number of nitrogens with one attached hydrogen (secondary N) is 3. The van der Waals surface area contributed by atoms with Crippen LogP contribution >= 0.6 is 21.6 Å². The zero-order chi connectivity index (χ0) is 68.2. The van der Waals surface area contributed by atoms with Crippen LogP contribution in [-0.2, 0) is 25.7 Å². The largest absolute Gasteiger partial charge is 0.508 e. The van der Waals surface area contributed by atoms with Gasteiger partial charge in [0.15, 0.2) is 23.8 Å². The topological polar surface area (TPSA) is 321 Å². The van der Waals surface area contributed by atoms with Gasteiger partial charge in [-0.3, -0.25) is 14.4 Å². The van der Waals surface area contributed by atoms with E-state index in [4.69, 9.17) is 15.5 Å². The average Bonchev–Trinajstić information content (AvgIpc) is 1.57. The van der Waals surface area contributed by atoms with Crippen molar-refractivity contribution in [1.29, 1.82) is 0 Å². The zero-order valence-electron chi connectivity index (χ0n) is 55.9. The Morgan fingerprint density at radius 1 is 0.876 bits per heavy atom. The number of fused-ring (bicyclic) bond motifs is 12. The number of ether oxygens (including phenoxy) is 1. The smallest absolute Gasteiger partial charge is 0.314 e. The fourth-order valence-corrected chi connectivity index (χ4v) is 25.2. The number of H-pyrrole nitrogens is 1. The third-order valence-electron chi connectivity index (χ3n) is 26.5. The van der Waals surface area contributed by atoms with Crippen LogP contribution in [0.3, 0.4) is 0 Å². The SMILES string of the molecule is CC[C@H]1OC(=O)[C@@H](c2cc[nH]c2)[C@@H]1[C@H]1C#CC[C@H]2C[C@@]3(O)C4=C5N[C@@H](CO)C(=O)C[C@@H](c6ccc(O)cc6)CSSC[C@H]6[C@@H](O)[C@@H](O)C[C@](C)([C@H]4[C@@H]4C[C@@H]7C#Cc8ccccc8CN=C(N)NC[C@@H]7[C@@]3(C4)[C@H]2[C@@](C)(O)[C@H](O)C[C@@H](C(O)O)[C@@H]2CC=C3CC[C@H](C)C[C@@H]3[C@H]2C1)[C@@H]6C5=O. The molecule has 1 aromatic heterocycles. The molecule has 520 valence electrons. The Morgan fingerprint density at radius 2 is 1.66 bits per heavy atom. The molecule has 3 aromatic rings. The summed E-state index contributed by atoms with van der Waals surface area (Å²) >= 11 is 0. The lowest BCUT2D eigenvalue weighted by Gasteiger charge is -2.69. The van der Waals surface area contributed by atoms with Crippen molar-refractivity contribution in [3.8, 4) is 29.4 Å². The molecular weight excluding hydrogens is 1270 g/mol. The number of phenols is 1. The predicted octanol–water partition coefficient (Wildman–Crippen LogP) is 6.98. The van der Waals surface area contributed by atoms with Crippen molar-refractivity contribution in [2.75, 3.05) is 24.7 Å². The van der Waals surface area contributed by atoms with Crippen molar-refractivity contribution < 1.29 is 65.1 Å². The Labute approximate surface area is 576 Å². The van der Waals surface area contributed by atoms with E-state index in [2.05, 4.69) is 52.3 Å². The van der Waals surface area contributed by atoms with E-state index in [-0.39, 0.29) is 92.6 Å². The number of rotatable bonds is 6. The summed E-state index contributed by atoms with van der Waals surface area (Å²) in [5.74, 6) is 5.13. The first-order valence-electron chi connectivity index (χ1n) is 35.7. The number of carbonyl (C=O) groups excluding carboxylic acids is 3. The minimum atomic E-state index is -2.18. The Morgan fingerprint density at radius 3 is 2.41 bits per heavy atom. The van der Waals surface area contributed by atoms with Gasteiger partial charge in [0.05, 0.1) is 54.3 Å². The molecule has 4 heterocycles. The molecule has 20 heteroatoms. The quantitative estimate of drug-likeness (QED) is 0.0389. The molecule has 11 aliphatic rings. The number of hydrogen-bond donors (Lipinski definition) is 13. The summed E-state index contributed by atoms with van der Waals surface area (Å²) < 4.78 is 6.36. The van der Waals surface area contributed by atoms with Gasteiger partial charge in [0.1, 0.15) is 17.9 Å². The molecule has 14 rings (SSSR count). The van der Waals surface area contributed by atoms with Gasteiger partial charge in [-0.1, -0.05) is 102 Å². The van der Waals surface area contributed by atoms with Gasteiger partial charge in [0.25, 0.3) is 0 Å². The van der Waals surface area contributed by atoms with Crippen molar-refractivity contribution in [3.63, 3.8) is 0 Å². The van der Waals surface area contributed by atoms with Gasteiger partial charge in [0.2, 0.25) is 0 Å². The fourth-order valence-electron chi connectivity index (χ4n) is 22.5. The number of cyclic esters (lactones) is 1. The van der Waals surface area contributed by atoms with Crippen LogP contribution in [0.25, 0.3) is 0 Å². The van der Waals surface area contributed by atoms with Crippen molar-refractivity contribution in [3.05, 3.63) is 112 Å². The number of carbonyl (C=O) groups is 3. The van der Waals surface area contributed by atoms with Crippen LogP contribution in [0.4, 0.5) is 0 Å². The number of phenolic OH excluding ortho intramolecular Hbond substituents is 1. The predicted molar refractivity (Wildman–Crippen MR) is 369 cm³/mol. The van der Waals surface area contributed by atoms with Gasteiger partial charge < -0.3 is 72.0 Å². The van der Waals surface area contributed by atoms with Gasteiger partial charge in [-0.2, -0.15) is 0 Å². The van der Waals surface area contributed by atoms with E-state index in [1.807, 2.05) is 50.4 Å². The molecule has 26 atom stereocenters. The molecule has 4 bridgehead atoms. The number of nitrogens with two attached hydrogens (primary N) is 1. The van der Waals surface area contributed by atoms with Gasteiger partial charge >= 0.3 is 5.97 Å². The van der Waals surface area contributed by atoms with E-state index in [0.717, 1.165) is 41.5 Å². The van der Waals surface area contributed by atoms with Crippen LogP contribution in [0.5, 0.6) is 5.75 Å². The Kier molecular flexibility index (Phi) is 18.9. The summed E-state index contributed by atoms with van der Waals surface area (Å²) in [5.41, 5.74) is 4.53. The Bertz CT molecular complexity index is 3720. The number of guanidine groups is 1. The summed E-state index contributed by atoms with van der Waals surface area (Å²) in [5, 5.41) is 122. The average molecular weight is 1360 g/mol. The maximum absolute atomic E-state index is 16.8. The number of nitrogens with zero attached hydrogens (tertiary/aromatic N) is 1. The van der Waals surface area contributed by atoms with Gasteiger partial charge in [-0.15, -0.1) is 5.92 Å². The molecule has 97 heavy (non-hydrogen) atoms. The van der Waals surface area contributed by atoms with Crippen molar-refractivity contribution in [2.45, 2.75) is 177 Å². The Hall–Kier alpha value is -5.62. The van der Waals surface area contributed by atoms with Crippen LogP contribution in [0, 0.1) is 123 Å². The lowest BCUT2D eigenvalue weighted by atomic mass is 9.36. The number of allylic oxidation sites excluding steroid dienone is 3. The van der Waals surface area contributed by atoms with Gasteiger partial charge in [0, 0.05) is 102 Å². The molecule has 2 saturated heterocycles. The van der Waals surface area contributed by atoms with E-state index in [1.165, 1.54) is 27.2 Å². The highest BCUT2D eigenvalue weighted by Crippen LogP contribution is 2.78. The second kappa shape index (κ2) is 26.7. The highest BCUT2D eigenvalue weighted by atomic mass is 33.1. The number of esters is 1. The number of benzene rings is 2. The second-order valence-electron chi connectivity index (χ2n) is 31.5. The maximum atomic E-state index is 16.8. The van der Waals surface area contributed by atoms with E-state index in [9.17, 15) is 45.6 Å². The number of ketones is 2. The van der Waals surface area contributed by atoms with E-state index < -0.39 is 160 Å². The molecule has 1 spiro atoms. The molecular formula is C77H97N5O13S2. The Balaban J connectivity index is 1.01. The normalized spacial score (nSPS) is 43.5. The van der Waals surface area contributed by atoms with Crippen LogP contribution in [0.1, 0.15) is 145 Å². The van der Waals surface area contributed by atoms with Gasteiger partial charge in [-0.05, 0) is 177 Å². The monoisotopic (exact) mass is 1360 g/mol. The summed E-state index contributed by atoms with van der Waals surface area (Å²) in [6.07, 6.45) is 3.62. The molecule has 8 aliphatic carbocycles. The number of aliphatic hydroxyl groups is 8. The van der Waals surface area contributed by atoms with Crippen molar-refractivity contribution >= 4 is 45.1 Å². The molecule has 2 aromatic carbocycles. The van der Waals surface area contributed by atoms with Crippen LogP contribution < -0.4 is 16.4 Å². The van der Waals surface area contributed by atoms with E-state index in [0.29, 0.717) is 42.9 Å². The maximum Gasteiger partial charge on any atom is 0.314 e. The van der Waals surface area contributed by atoms with Crippen LogP contribution in [0.2, 0.25) is 0 Å². The summed E-state index contributed by atoms with van der Waals surface area (Å²) in [7, 11) is 2.95. The standard InChI is InChI=1S/C77H97N5O13S2/c1-5-60-62(63(72(92)95-60)47-23-24-79-33-47)44-11-8-12-45-31-77(94)66-64(74(3)32-59(86)68(88)55-38-97-96-37-49(41-17-20-50(84)21-18-41)28-58(85)57(36-83)82-67(66)69(89)65(55)74)48-26-43-16-15-40-9-6-7-10-46(40)34-80-73(78)81-35-56(43)76(77,30-48)70(45)75(4,93)61(87)29-54(71(90)91)51-22-19-42-14-13-39(2)25-52(42)53(51)27-44/h6-7,9-10,17-21,23-24,33,39,43-45,48-49,51-57,59-65,68,70-71,79,82-84,86-88,90-91,93-94H,5,12-14,22,25-32,34-38H2,1-4H3,(H3,78,80,81)/t39-,43-,44-,45-,48+,49+,51+,52-,53-,54+,55+,56-,57-,59-,60+,61+,62+,63-,64-,65-,68+,70+,74+,75-,76-,77+/m0/s1. The van der Waals surface area contributed by atoms with Crippen LogP contribution in [0.15, 0.2) is 94.9 Å². The molecule has 3 aliphatic heterocycles. The third kappa shape index (κ3) is 11.6. The molecule has 14 N–H and O–H groups in total. The molecule has 0 radical (unpaired) electrons. The third-order valence-corrected chi connectivity index (χ3v) is 29.1. The number of aliphatic imine (C=N–C) groups is 1. The van der Waals surface area contributed by atoms with Crippen molar-refractivity contribution in [1.82, 2.24) is 15.6 Å². The molecule has 7 fully saturated rings. The summed E-state index contributed by atoms with van der Waals surface area (Å²) in [6, 6.07) is 14.9. The molecule has 0 amide bonds. The first kappa shape index (κ1) is 68.5. The summed E-state index contributed by atoms with van der Waals surface area (Å²) in [6.45, 7) is 7.44. The number of aromatic nitrogens is 1. The fraction of sp³-hybridized carbons (Fsp3) is 0.636. The lowest BCUT2D eigenvalue weighted by Crippen LogP contribution is -2.73. The van der Waals surface area contributed by atoms with E-state index in [1.54, 1.807) is 37.4 Å². The minimum Gasteiger partial charge on any atom is -0.508 e. The minimum absolute atomic E-state index is 0.0254. The zero-order valence-corrected chi connectivity index (χ0v) is 57.6. The molecule has 5 saturated carbocycles. The first-order chi connectivity index (χ1) is 46.5. The lowest BCUT2D eigenvalue weighted by molar-refractivity contribution is -0.238. The van der Waals surface area contributed by atoms with Crippen LogP contribution in [-0.4, -0.2) is 147 Å². The summed E-state index contributed by atoms with van der Waals surface area (Å²) in [4.78, 5) is 54.5. The first-order valence-corrected chi connectivity index (χ1v) is 38.2. The second-order valence-corrected chi connectivity index (χ2v) is 34.1. The molecule has 0 unspecified atom stereocenters. The number of aromatic hydroxyl groups is 1. The number of aliphatic hydroxyl groups excluding tert-OH is 5.